The minimum Gasteiger partial charge on any atom is -0.504 e. The molecule has 2 unspecified atom stereocenters. The molecule has 2 aliphatic heterocycles. The van der Waals surface area contributed by atoms with Crippen LogP contribution in [0.1, 0.15) is 42.6 Å². The van der Waals surface area contributed by atoms with Gasteiger partial charge in [0, 0.05) is 32.0 Å². The van der Waals surface area contributed by atoms with Crippen LogP contribution in [0.5, 0.6) is 23.0 Å². The van der Waals surface area contributed by atoms with Gasteiger partial charge in [-0.3, -0.25) is 9.48 Å². The van der Waals surface area contributed by atoms with E-state index in [0.29, 0.717) is 12.8 Å². The smallest absolute Gasteiger partial charge is 0.274 e. The molecule has 6 N–H and O–H groups in total. The van der Waals surface area contributed by atoms with Crippen molar-refractivity contribution in [2.75, 3.05) is 7.05 Å². The van der Waals surface area contributed by atoms with Gasteiger partial charge in [-0.2, -0.15) is 5.10 Å². The van der Waals surface area contributed by atoms with Crippen LogP contribution in [0.2, 0.25) is 0 Å². The van der Waals surface area contributed by atoms with Gasteiger partial charge < -0.3 is 35.7 Å². The van der Waals surface area contributed by atoms with E-state index < -0.39 is 34.6 Å². The fraction of sp³-hybridized carbons (Fsp3) is 0.556. The molecule has 1 amide bonds. The number of aryl methyl sites for hydroxylation is 1. The van der Waals surface area contributed by atoms with Crippen molar-refractivity contribution in [2.45, 2.75) is 49.9 Å². The largest absolute Gasteiger partial charge is 0.504 e. The number of benzene rings is 1. The molecule has 2 bridgehead atoms. The number of rotatable bonds is 2. The first-order valence-electron chi connectivity index (χ1n) is 9.22. The molecule has 4 rings (SSSR count). The van der Waals surface area contributed by atoms with Crippen LogP contribution in [-0.4, -0.2) is 71.0 Å². The Bertz CT molecular complexity index is 957. The molecule has 2 aromatic rings. The predicted octanol–water partition coefficient (Wildman–Crippen LogP) is 0.461. The number of aliphatic hydroxyl groups is 1. The summed E-state index contributed by atoms with van der Waals surface area (Å²) in [6, 6.07) is 0.327. The highest BCUT2D eigenvalue weighted by molar-refractivity contribution is 6.10. The molecule has 2 saturated heterocycles. The van der Waals surface area contributed by atoms with Crippen molar-refractivity contribution >= 4 is 16.8 Å². The number of aromatic nitrogens is 2. The van der Waals surface area contributed by atoms with Crippen LogP contribution >= 0.6 is 0 Å². The molecule has 10 nitrogen and oxygen atoms in total. The monoisotopic (exact) mass is 392 g/mol. The summed E-state index contributed by atoms with van der Waals surface area (Å²) >= 11 is 0. The van der Waals surface area contributed by atoms with Crippen LogP contribution in [0.3, 0.4) is 0 Å². The molecule has 1 aromatic heterocycles. The highest BCUT2D eigenvalue weighted by Crippen LogP contribution is 2.49. The predicted molar refractivity (Wildman–Crippen MR) is 98.2 cm³/mol. The van der Waals surface area contributed by atoms with E-state index in [4.69, 9.17) is 0 Å². The second-order valence-electron chi connectivity index (χ2n) is 7.89. The molecule has 28 heavy (non-hydrogen) atoms. The van der Waals surface area contributed by atoms with E-state index in [1.165, 1.54) is 7.05 Å². The summed E-state index contributed by atoms with van der Waals surface area (Å²) in [6.07, 6.45) is 3.73. The lowest BCUT2D eigenvalue weighted by Gasteiger charge is -2.50. The summed E-state index contributed by atoms with van der Waals surface area (Å²) in [5, 5.41) is 57.3. The van der Waals surface area contributed by atoms with Gasteiger partial charge in [0.2, 0.25) is 11.5 Å². The Morgan fingerprint density at radius 1 is 1.04 bits per heavy atom. The number of hydrogen-bond donors (Lipinski definition) is 6. The molecule has 0 saturated carbocycles. The van der Waals surface area contributed by atoms with Crippen LogP contribution < -0.4 is 5.32 Å². The molecule has 2 atom stereocenters. The number of nitrogens with one attached hydrogen (secondary N) is 1. The quantitative estimate of drug-likeness (QED) is 0.245. The minimum absolute atomic E-state index is 0.106. The summed E-state index contributed by atoms with van der Waals surface area (Å²) in [4.78, 5) is 15.2. The highest BCUT2D eigenvalue weighted by Gasteiger charge is 2.45. The van der Waals surface area contributed by atoms with Crippen LogP contribution in [0, 0.1) is 0 Å². The van der Waals surface area contributed by atoms with E-state index in [1.54, 1.807) is 0 Å². The average Bonchev–Trinajstić information content (AvgIpc) is 2.97. The number of piperidine rings is 2. The van der Waals surface area contributed by atoms with Gasteiger partial charge in [0.25, 0.3) is 5.91 Å². The third kappa shape index (κ3) is 2.63. The first-order valence-corrected chi connectivity index (χ1v) is 9.22. The minimum atomic E-state index is -1.42. The maximum absolute atomic E-state index is 12.9. The fourth-order valence-corrected chi connectivity index (χ4v) is 4.66. The maximum atomic E-state index is 12.9. The Morgan fingerprint density at radius 3 is 2.21 bits per heavy atom. The van der Waals surface area contributed by atoms with Crippen molar-refractivity contribution in [3.8, 4) is 23.0 Å². The molecular formula is C18H24N4O6. The third-order valence-corrected chi connectivity index (χ3v) is 6.12. The molecule has 10 heteroatoms. The van der Waals surface area contributed by atoms with Gasteiger partial charge in [-0.25, -0.2) is 0 Å². The van der Waals surface area contributed by atoms with Crippen LogP contribution in [0.4, 0.5) is 0 Å². The normalized spacial score (nSPS) is 27.8. The van der Waals surface area contributed by atoms with E-state index >= 15 is 0 Å². The summed E-state index contributed by atoms with van der Waals surface area (Å²) in [7, 11) is 3.45. The molecule has 152 valence electrons. The molecule has 2 aliphatic rings. The summed E-state index contributed by atoms with van der Waals surface area (Å²) < 4.78 is 1.12. The zero-order chi connectivity index (χ0) is 20.4. The van der Waals surface area contributed by atoms with Crippen molar-refractivity contribution in [1.82, 2.24) is 20.0 Å². The summed E-state index contributed by atoms with van der Waals surface area (Å²) in [6.45, 7) is 0. The molecular weight excluding hydrogens is 368 g/mol. The van der Waals surface area contributed by atoms with Gasteiger partial charge in [0.1, 0.15) is 11.2 Å². The van der Waals surface area contributed by atoms with E-state index in [-0.39, 0.29) is 28.7 Å². The lowest BCUT2D eigenvalue weighted by molar-refractivity contribution is -0.0959. The zero-order valence-corrected chi connectivity index (χ0v) is 15.7. The molecule has 3 heterocycles. The molecule has 0 spiro atoms. The molecule has 1 aromatic carbocycles. The number of phenols is 4. The highest BCUT2D eigenvalue weighted by atomic mass is 16.3. The average molecular weight is 392 g/mol. The summed E-state index contributed by atoms with van der Waals surface area (Å²) in [5.41, 5.74) is -1.79. The Hall–Kier alpha value is -2.72. The fourth-order valence-electron chi connectivity index (χ4n) is 4.66. The number of carbonyl (C=O) groups is 1. The van der Waals surface area contributed by atoms with Crippen LogP contribution in [0.15, 0.2) is 0 Å². The van der Waals surface area contributed by atoms with Crippen molar-refractivity contribution in [3.63, 3.8) is 0 Å². The molecule has 0 aliphatic carbocycles. The first-order chi connectivity index (χ1) is 13.1. The number of hydrogen-bond acceptors (Lipinski definition) is 8. The van der Waals surface area contributed by atoms with Crippen molar-refractivity contribution in [2.24, 2.45) is 7.05 Å². The van der Waals surface area contributed by atoms with Gasteiger partial charge in [-0.15, -0.1) is 0 Å². The van der Waals surface area contributed by atoms with E-state index in [9.17, 15) is 30.3 Å². The lowest BCUT2D eigenvalue weighted by Crippen LogP contribution is -2.62. The Balaban J connectivity index is 1.70. The third-order valence-electron chi connectivity index (χ3n) is 6.12. The van der Waals surface area contributed by atoms with Gasteiger partial charge >= 0.3 is 0 Å². The van der Waals surface area contributed by atoms with E-state index in [2.05, 4.69) is 15.3 Å². The Kier molecular flexibility index (Phi) is 4.09. The number of aromatic hydroxyl groups is 4. The SMILES string of the molecule is CN1C2CCCC1CC(O)(NC(=O)c1nn(C)c3c(O)c(O)c(O)c(O)c13)C2. The standard InChI is InChI=1S/C18H24N4O6/c1-21-8-4-3-5-9(21)7-18(28,6-8)19-17(27)11-10-12(22(2)20-11)14(24)16(26)15(25)13(10)23/h8-9,23-26,28H,3-7H2,1-2H3,(H,19,27). The Labute approximate surface area is 160 Å². The van der Waals surface area contributed by atoms with Gasteiger partial charge in [-0.1, -0.05) is 6.42 Å². The number of fused-ring (bicyclic) bond motifs is 3. The van der Waals surface area contributed by atoms with Crippen LogP contribution in [-0.2, 0) is 7.05 Å². The zero-order valence-electron chi connectivity index (χ0n) is 15.7. The second-order valence-corrected chi connectivity index (χ2v) is 7.89. The molecule has 2 fully saturated rings. The van der Waals surface area contributed by atoms with E-state index in [0.717, 1.165) is 23.9 Å². The van der Waals surface area contributed by atoms with Gasteiger partial charge in [0.15, 0.2) is 17.2 Å². The van der Waals surface area contributed by atoms with Gasteiger partial charge in [0.05, 0.1) is 5.39 Å². The maximum Gasteiger partial charge on any atom is 0.274 e. The Morgan fingerprint density at radius 2 is 1.61 bits per heavy atom. The van der Waals surface area contributed by atoms with Crippen molar-refractivity contribution in [3.05, 3.63) is 5.69 Å². The number of nitrogens with zero attached hydrogens (tertiary/aromatic N) is 3. The number of phenolic OH excluding ortho intramolecular Hbond substituents is 4. The van der Waals surface area contributed by atoms with Crippen molar-refractivity contribution < 1.29 is 30.3 Å². The number of amides is 1. The van der Waals surface area contributed by atoms with Gasteiger partial charge in [-0.05, 0) is 19.9 Å². The van der Waals surface area contributed by atoms with Crippen LogP contribution in [0.25, 0.3) is 10.9 Å². The number of carbonyl (C=O) groups excluding carboxylic acids is 1. The van der Waals surface area contributed by atoms with Crippen molar-refractivity contribution in [1.29, 1.82) is 0 Å². The first kappa shape index (κ1) is 18.6. The summed E-state index contributed by atoms with van der Waals surface area (Å²) in [5.74, 6) is -4.06. The molecule has 0 radical (unpaired) electrons. The second kappa shape index (κ2) is 6.14. The lowest BCUT2D eigenvalue weighted by atomic mass is 9.80. The topological polar surface area (TPSA) is 151 Å². The van der Waals surface area contributed by atoms with E-state index in [1.807, 2.05) is 7.05 Å².